The van der Waals surface area contributed by atoms with E-state index in [4.69, 9.17) is 4.42 Å². The number of rotatable bonds is 4. The summed E-state index contributed by atoms with van der Waals surface area (Å²) in [7, 11) is 0. The van der Waals surface area contributed by atoms with E-state index in [9.17, 15) is 9.59 Å². The first-order valence-corrected chi connectivity index (χ1v) is 4.63. The van der Waals surface area contributed by atoms with Gasteiger partial charge in [-0.15, -0.1) is 0 Å². The van der Waals surface area contributed by atoms with Crippen molar-refractivity contribution in [2.24, 2.45) is 0 Å². The van der Waals surface area contributed by atoms with Gasteiger partial charge >= 0.3 is 0 Å². The number of hydrogen-bond donors (Lipinski definition) is 0. The molecule has 0 radical (unpaired) electrons. The molecular formula is C11H8N2O3. The summed E-state index contributed by atoms with van der Waals surface area (Å²) in [5, 5.41) is 0. The van der Waals surface area contributed by atoms with Gasteiger partial charge in [0.2, 0.25) is 5.78 Å². The van der Waals surface area contributed by atoms with E-state index < -0.39 is 0 Å². The van der Waals surface area contributed by atoms with Crippen LogP contribution in [0.2, 0.25) is 0 Å². The summed E-state index contributed by atoms with van der Waals surface area (Å²) in [6.07, 6.45) is 5.33. The zero-order valence-electron chi connectivity index (χ0n) is 8.29. The van der Waals surface area contributed by atoms with Crippen molar-refractivity contribution in [3.05, 3.63) is 48.4 Å². The average Bonchev–Trinajstić information content (AvgIpc) is 2.83. The van der Waals surface area contributed by atoms with Crippen LogP contribution in [0.3, 0.4) is 0 Å². The molecule has 0 saturated carbocycles. The van der Waals surface area contributed by atoms with E-state index in [1.807, 2.05) is 0 Å². The van der Waals surface area contributed by atoms with E-state index in [0.29, 0.717) is 0 Å². The molecule has 0 amide bonds. The number of furan rings is 1. The molecular weight excluding hydrogens is 208 g/mol. The summed E-state index contributed by atoms with van der Waals surface area (Å²) >= 11 is 0. The quantitative estimate of drug-likeness (QED) is 0.572. The topological polar surface area (TPSA) is 73.1 Å². The molecule has 16 heavy (non-hydrogen) atoms. The Bertz CT molecular complexity index is 491. The van der Waals surface area contributed by atoms with Crippen LogP contribution in [-0.2, 0) is 0 Å². The minimum Gasteiger partial charge on any atom is -0.461 e. The van der Waals surface area contributed by atoms with Gasteiger partial charge in [0.25, 0.3) is 0 Å². The highest BCUT2D eigenvalue weighted by Gasteiger charge is 2.16. The van der Waals surface area contributed by atoms with E-state index in [2.05, 4.69) is 9.97 Å². The predicted molar refractivity (Wildman–Crippen MR) is 54.0 cm³/mol. The van der Waals surface area contributed by atoms with Gasteiger partial charge in [0.1, 0.15) is 5.69 Å². The zero-order valence-corrected chi connectivity index (χ0v) is 8.29. The van der Waals surface area contributed by atoms with E-state index in [1.54, 1.807) is 6.07 Å². The van der Waals surface area contributed by atoms with E-state index >= 15 is 0 Å². The lowest BCUT2D eigenvalue weighted by atomic mass is 10.1. The van der Waals surface area contributed by atoms with Gasteiger partial charge in [0.15, 0.2) is 11.5 Å². The molecule has 0 aliphatic heterocycles. The van der Waals surface area contributed by atoms with E-state index in [0.717, 1.165) is 0 Å². The SMILES string of the molecule is O=C(CC(=O)c1ccco1)c1cnccn1. The van der Waals surface area contributed by atoms with Gasteiger partial charge in [-0.05, 0) is 12.1 Å². The molecule has 2 aromatic rings. The first-order chi connectivity index (χ1) is 7.77. The third kappa shape index (κ3) is 2.20. The fourth-order valence-electron chi connectivity index (χ4n) is 1.20. The van der Waals surface area contributed by atoms with Gasteiger partial charge in [-0.1, -0.05) is 0 Å². The van der Waals surface area contributed by atoms with Crippen LogP contribution in [0.25, 0.3) is 0 Å². The van der Waals surface area contributed by atoms with Gasteiger partial charge in [-0.2, -0.15) is 0 Å². The summed E-state index contributed by atoms with van der Waals surface area (Å²) < 4.78 is 4.89. The number of ketones is 2. The van der Waals surface area contributed by atoms with Gasteiger partial charge in [0.05, 0.1) is 18.9 Å². The van der Waals surface area contributed by atoms with Crippen LogP contribution in [0.5, 0.6) is 0 Å². The number of aromatic nitrogens is 2. The summed E-state index contributed by atoms with van der Waals surface area (Å²) in [4.78, 5) is 30.7. The molecule has 2 heterocycles. The lowest BCUT2D eigenvalue weighted by Gasteiger charge is -1.96. The van der Waals surface area contributed by atoms with E-state index in [-0.39, 0.29) is 29.4 Å². The molecule has 5 nitrogen and oxygen atoms in total. The average molecular weight is 216 g/mol. The standard InChI is InChI=1S/C11H8N2O3/c14-9(8-7-12-3-4-13-8)6-10(15)11-2-1-5-16-11/h1-5,7H,6H2. The number of hydrogen-bond acceptors (Lipinski definition) is 5. The Kier molecular flexibility index (Phi) is 2.86. The fraction of sp³-hybridized carbons (Fsp3) is 0.0909. The second-order valence-corrected chi connectivity index (χ2v) is 3.09. The third-order valence-corrected chi connectivity index (χ3v) is 1.97. The lowest BCUT2D eigenvalue weighted by Crippen LogP contribution is -2.09. The number of nitrogens with zero attached hydrogens (tertiary/aromatic N) is 2. The Hall–Kier alpha value is -2.30. The molecule has 0 aromatic carbocycles. The largest absolute Gasteiger partial charge is 0.461 e. The van der Waals surface area contributed by atoms with Crippen LogP contribution in [-0.4, -0.2) is 21.5 Å². The molecule has 0 unspecified atom stereocenters. The Labute approximate surface area is 91.1 Å². The lowest BCUT2D eigenvalue weighted by molar-refractivity contribution is 0.0875. The number of Topliss-reactive ketones (excluding diaryl/α,β-unsaturated/α-hetero) is 2. The van der Waals surface area contributed by atoms with Crippen molar-refractivity contribution in [2.75, 3.05) is 0 Å². The molecule has 2 rings (SSSR count). The van der Waals surface area contributed by atoms with Gasteiger partial charge in [0, 0.05) is 12.4 Å². The van der Waals surface area contributed by atoms with Crippen molar-refractivity contribution in [2.45, 2.75) is 6.42 Å². The van der Waals surface area contributed by atoms with Crippen LogP contribution in [0.1, 0.15) is 27.5 Å². The van der Waals surface area contributed by atoms with Crippen molar-refractivity contribution in [1.82, 2.24) is 9.97 Å². The normalized spacial score (nSPS) is 10.0. The van der Waals surface area contributed by atoms with Gasteiger partial charge in [-0.25, -0.2) is 4.98 Å². The minimum absolute atomic E-state index is 0.178. The molecule has 0 aliphatic carbocycles. The first-order valence-electron chi connectivity index (χ1n) is 4.63. The Morgan fingerprint density at radius 3 is 2.75 bits per heavy atom. The fourth-order valence-corrected chi connectivity index (χ4v) is 1.20. The second kappa shape index (κ2) is 4.48. The molecule has 5 heteroatoms. The monoisotopic (exact) mass is 216 g/mol. The van der Waals surface area contributed by atoms with E-state index in [1.165, 1.54) is 30.9 Å². The van der Waals surface area contributed by atoms with Crippen molar-refractivity contribution >= 4 is 11.6 Å². The summed E-state index contributed by atoms with van der Waals surface area (Å²) in [6, 6.07) is 3.12. The maximum absolute atomic E-state index is 11.6. The number of carbonyl (C=O) groups is 2. The predicted octanol–water partition coefficient (Wildman–Crippen LogP) is 1.53. The van der Waals surface area contributed by atoms with Crippen LogP contribution in [0, 0.1) is 0 Å². The minimum atomic E-state index is -0.366. The molecule has 0 bridgehead atoms. The summed E-state index contributed by atoms with van der Waals surface area (Å²) in [5.41, 5.74) is 0.183. The van der Waals surface area contributed by atoms with Crippen molar-refractivity contribution < 1.29 is 14.0 Å². The molecule has 0 saturated heterocycles. The third-order valence-electron chi connectivity index (χ3n) is 1.97. The molecule has 0 fully saturated rings. The molecule has 0 spiro atoms. The van der Waals surface area contributed by atoms with Crippen LogP contribution in [0.15, 0.2) is 41.4 Å². The Balaban J connectivity index is 2.06. The van der Waals surface area contributed by atoms with Gasteiger partial charge < -0.3 is 4.42 Å². The van der Waals surface area contributed by atoms with Crippen LogP contribution >= 0.6 is 0 Å². The molecule has 80 valence electrons. The van der Waals surface area contributed by atoms with Crippen molar-refractivity contribution in [3.63, 3.8) is 0 Å². The smallest absolute Gasteiger partial charge is 0.205 e. The highest BCUT2D eigenvalue weighted by atomic mass is 16.3. The van der Waals surface area contributed by atoms with Gasteiger partial charge in [-0.3, -0.25) is 14.6 Å². The molecule has 0 N–H and O–H groups in total. The maximum atomic E-state index is 11.6. The summed E-state index contributed by atoms with van der Waals surface area (Å²) in [5.74, 6) is -0.549. The summed E-state index contributed by atoms with van der Waals surface area (Å²) in [6.45, 7) is 0. The van der Waals surface area contributed by atoms with Crippen molar-refractivity contribution in [3.8, 4) is 0 Å². The Morgan fingerprint density at radius 2 is 2.12 bits per heavy atom. The second-order valence-electron chi connectivity index (χ2n) is 3.09. The molecule has 2 aromatic heterocycles. The van der Waals surface area contributed by atoms with Crippen molar-refractivity contribution in [1.29, 1.82) is 0 Å². The highest BCUT2D eigenvalue weighted by Crippen LogP contribution is 2.07. The number of carbonyl (C=O) groups excluding carboxylic acids is 2. The van der Waals surface area contributed by atoms with Crippen LogP contribution < -0.4 is 0 Å². The first kappa shape index (κ1) is 10.2. The molecule has 0 atom stereocenters. The Morgan fingerprint density at radius 1 is 1.25 bits per heavy atom. The highest BCUT2D eigenvalue weighted by molar-refractivity contribution is 6.11. The molecule has 0 aliphatic rings. The maximum Gasteiger partial charge on any atom is 0.205 e. The van der Waals surface area contributed by atoms with Crippen LogP contribution in [0.4, 0.5) is 0 Å². The zero-order chi connectivity index (χ0) is 11.4.